The van der Waals surface area contributed by atoms with Crippen molar-refractivity contribution < 1.29 is 13.9 Å². The lowest BCUT2D eigenvalue weighted by Gasteiger charge is -2.20. The number of aromatic nitrogens is 3. The van der Waals surface area contributed by atoms with Crippen LogP contribution in [0.2, 0.25) is 5.02 Å². The Kier molecular flexibility index (Phi) is 4.38. The van der Waals surface area contributed by atoms with E-state index in [1.165, 1.54) is 11.8 Å². The minimum absolute atomic E-state index is 0.248. The van der Waals surface area contributed by atoms with Crippen molar-refractivity contribution in [2.45, 2.75) is 17.6 Å². The largest absolute Gasteiger partial charge is 0.467 e. The Morgan fingerprint density at radius 2 is 2.21 bits per heavy atom. The van der Waals surface area contributed by atoms with E-state index in [-0.39, 0.29) is 6.79 Å². The first-order chi connectivity index (χ1) is 11.8. The number of hydrogen-bond acceptors (Lipinski definition) is 7. The fraction of sp³-hybridized carbons (Fsp3) is 0.188. The smallest absolute Gasteiger partial charge is 0.277 e. The highest BCUT2D eigenvalue weighted by Crippen LogP contribution is 2.35. The summed E-state index contributed by atoms with van der Waals surface area (Å²) < 4.78 is 16.6. The van der Waals surface area contributed by atoms with Crippen molar-refractivity contribution in [3.63, 3.8) is 0 Å². The van der Waals surface area contributed by atoms with Crippen LogP contribution in [0.4, 0.5) is 0 Å². The average Bonchev–Trinajstić information content (AvgIpc) is 3.09. The molecule has 0 fully saturated rings. The van der Waals surface area contributed by atoms with Gasteiger partial charge in [0, 0.05) is 34.3 Å². The summed E-state index contributed by atoms with van der Waals surface area (Å²) in [7, 11) is 0. The first-order valence-electron chi connectivity index (χ1n) is 7.18. The maximum Gasteiger partial charge on any atom is 0.277 e. The summed E-state index contributed by atoms with van der Waals surface area (Å²) in [4.78, 5) is 4.04. The fourth-order valence-corrected chi connectivity index (χ4v) is 3.37. The second-order valence-electron chi connectivity index (χ2n) is 5.07. The Balaban J connectivity index is 1.52. The van der Waals surface area contributed by atoms with Gasteiger partial charge in [0.1, 0.15) is 5.75 Å². The lowest BCUT2D eigenvalue weighted by atomic mass is 10.1. The predicted octanol–water partition coefficient (Wildman–Crippen LogP) is 3.94. The van der Waals surface area contributed by atoms with Crippen LogP contribution in [-0.4, -0.2) is 22.0 Å². The van der Waals surface area contributed by atoms with Gasteiger partial charge in [-0.25, -0.2) is 0 Å². The molecule has 1 aliphatic heterocycles. The van der Waals surface area contributed by atoms with E-state index in [9.17, 15) is 0 Å². The summed E-state index contributed by atoms with van der Waals surface area (Å²) in [6, 6.07) is 7.44. The molecule has 4 rings (SSSR count). The normalized spacial score (nSPS) is 13.4. The Labute approximate surface area is 147 Å². The van der Waals surface area contributed by atoms with Crippen LogP contribution in [0.1, 0.15) is 11.1 Å². The van der Waals surface area contributed by atoms with Crippen molar-refractivity contribution in [3.8, 4) is 17.2 Å². The zero-order valence-corrected chi connectivity index (χ0v) is 14.0. The summed E-state index contributed by atoms with van der Waals surface area (Å²) in [5, 5.41) is 9.25. The number of thioether (sulfide) groups is 1. The van der Waals surface area contributed by atoms with Crippen LogP contribution >= 0.6 is 23.4 Å². The molecular weight excluding hydrogens is 350 g/mol. The van der Waals surface area contributed by atoms with E-state index < -0.39 is 0 Å². The van der Waals surface area contributed by atoms with Gasteiger partial charge < -0.3 is 13.9 Å². The molecule has 3 aromatic rings. The van der Waals surface area contributed by atoms with Crippen molar-refractivity contribution in [1.29, 1.82) is 0 Å². The summed E-state index contributed by atoms with van der Waals surface area (Å²) in [6.45, 7) is 0.747. The van der Waals surface area contributed by atoms with E-state index in [2.05, 4.69) is 15.2 Å². The summed E-state index contributed by atoms with van der Waals surface area (Å²) in [6.07, 6.45) is 3.38. The van der Waals surface area contributed by atoms with Gasteiger partial charge in [-0.1, -0.05) is 23.4 Å². The third-order valence-electron chi connectivity index (χ3n) is 3.42. The average molecular weight is 362 g/mol. The van der Waals surface area contributed by atoms with E-state index in [1.807, 2.05) is 24.3 Å². The number of hydrogen-bond donors (Lipinski definition) is 0. The molecule has 0 spiro atoms. The molecule has 0 N–H and O–H groups in total. The number of fused-ring (bicyclic) bond motifs is 1. The van der Waals surface area contributed by atoms with Gasteiger partial charge >= 0.3 is 0 Å². The number of halogens is 1. The molecule has 1 aliphatic rings. The second kappa shape index (κ2) is 6.80. The standard InChI is InChI=1S/C16H12ClN3O3S/c17-13-4-11-7-21-9-22-14(11)12(5-13)8-24-16-20-19-15(23-16)10-2-1-3-18-6-10/h1-6H,7-9H2. The number of ether oxygens (including phenoxy) is 2. The molecule has 8 heteroatoms. The van der Waals surface area contributed by atoms with Crippen molar-refractivity contribution in [1.82, 2.24) is 15.2 Å². The van der Waals surface area contributed by atoms with Gasteiger partial charge in [-0.05, 0) is 24.3 Å². The van der Waals surface area contributed by atoms with Gasteiger partial charge in [-0.2, -0.15) is 0 Å². The van der Waals surface area contributed by atoms with Crippen LogP contribution in [0.25, 0.3) is 11.5 Å². The number of nitrogens with zero attached hydrogens (tertiary/aromatic N) is 3. The highest BCUT2D eigenvalue weighted by Gasteiger charge is 2.17. The molecule has 24 heavy (non-hydrogen) atoms. The van der Waals surface area contributed by atoms with Gasteiger partial charge in [0.15, 0.2) is 6.79 Å². The Morgan fingerprint density at radius 1 is 1.25 bits per heavy atom. The van der Waals surface area contributed by atoms with Crippen molar-refractivity contribution in [3.05, 3.63) is 52.8 Å². The fourth-order valence-electron chi connectivity index (χ4n) is 2.38. The van der Waals surface area contributed by atoms with Crippen LogP contribution < -0.4 is 4.74 Å². The lowest BCUT2D eigenvalue weighted by molar-refractivity contribution is -0.0168. The predicted molar refractivity (Wildman–Crippen MR) is 88.8 cm³/mol. The lowest BCUT2D eigenvalue weighted by Crippen LogP contribution is -2.12. The molecule has 122 valence electrons. The molecule has 0 saturated heterocycles. The SMILES string of the molecule is Clc1cc2c(c(CSc3nnc(-c4cccnc4)o3)c1)OCOC2. The molecular formula is C16H12ClN3O3S. The van der Waals surface area contributed by atoms with Crippen LogP contribution in [0, 0.1) is 0 Å². The Morgan fingerprint density at radius 3 is 3.08 bits per heavy atom. The molecule has 0 radical (unpaired) electrons. The molecule has 0 saturated carbocycles. The topological polar surface area (TPSA) is 70.3 Å². The first kappa shape index (κ1) is 15.4. The molecule has 6 nitrogen and oxygen atoms in total. The van der Waals surface area contributed by atoms with E-state index in [1.54, 1.807) is 12.4 Å². The molecule has 1 aromatic carbocycles. The molecule has 0 unspecified atom stereocenters. The van der Waals surface area contributed by atoms with Crippen molar-refractivity contribution in [2.75, 3.05) is 6.79 Å². The maximum atomic E-state index is 6.17. The summed E-state index contributed by atoms with van der Waals surface area (Å²) >= 11 is 7.60. The van der Waals surface area contributed by atoms with E-state index in [4.69, 9.17) is 25.5 Å². The minimum atomic E-state index is 0.248. The second-order valence-corrected chi connectivity index (χ2v) is 6.43. The summed E-state index contributed by atoms with van der Waals surface area (Å²) in [5.41, 5.74) is 2.72. The van der Waals surface area contributed by atoms with Crippen LogP contribution in [0.3, 0.4) is 0 Å². The molecule has 2 aromatic heterocycles. The highest BCUT2D eigenvalue weighted by molar-refractivity contribution is 7.98. The zero-order chi connectivity index (χ0) is 16.4. The first-order valence-corrected chi connectivity index (χ1v) is 8.54. The van der Waals surface area contributed by atoms with E-state index >= 15 is 0 Å². The van der Waals surface area contributed by atoms with Gasteiger partial charge in [-0.15, -0.1) is 10.2 Å². The molecule has 3 heterocycles. The number of pyridine rings is 1. The third-order valence-corrected chi connectivity index (χ3v) is 4.50. The third kappa shape index (κ3) is 3.24. The van der Waals surface area contributed by atoms with E-state index in [0.717, 1.165) is 22.4 Å². The van der Waals surface area contributed by atoms with Gasteiger partial charge in [0.2, 0.25) is 5.89 Å². The van der Waals surface area contributed by atoms with E-state index in [0.29, 0.717) is 28.5 Å². The van der Waals surface area contributed by atoms with Crippen molar-refractivity contribution >= 4 is 23.4 Å². The van der Waals surface area contributed by atoms with Crippen LogP contribution in [0.15, 0.2) is 46.3 Å². The van der Waals surface area contributed by atoms with Gasteiger partial charge in [0.05, 0.1) is 12.2 Å². The van der Waals surface area contributed by atoms with Crippen LogP contribution in [-0.2, 0) is 17.1 Å². The monoisotopic (exact) mass is 361 g/mol. The Hall–Kier alpha value is -2.09. The highest BCUT2D eigenvalue weighted by atomic mass is 35.5. The van der Waals surface area contributed by atoms with Crippen LogP contribution in [0.5, 0.6) is 5.75 Å². The van der Waals surface area contributed by atoms with Gasteiger partial charge in [-0.3, -0.25) is 4.98 Å². The summed E-state index contributed by atoms with van der Waals surface area (Å²) in [5.74, 6) is 1.88. The number of benzene rings is 1. The molecule has 0 atom stereocenters. The quantitative estimate of drug-likeness (QED) is 0.651. The molecule has 0 aliphatic carbocycles. The Bertz CT molecular complexity index is 857. The minimum Gasteiger partial charge on any atom is -0.467 e. The molecule has 0 bridgehead atoms. The maximum absolute atomic E-state index is 6.17. The number of rotatable bonds is 4. The van der Waals surface area contributed by atoms with Gasteiger partial charge in [0.25, 0.3) is 5.22 Å². The van der Waals surface area contributed by atoms with Crippen molar-refractivity contribution in [2.24, 2.45) is 0 Å². The molecule has 0 amide bonds. The zero-order valence-electron chi connectivity index (χ0n) is 12.4.